The van der Waals surface area contributed by atoms with Crippen LogP contribution in [0.25, 0.3) is 10.9 Å². The Morgan fingerprint density at radius 1 is 1.14 bits per heavy atom. The first-order chi connectivity index (χ1) is 13.7. The van der Waals surface area contributed by atoms with Crippen molar-refractivity contribution in [2.45, 2.75) is 17.9 Å². The average molecular weight is 440 g/mol. The van der Waals surface area contributed by atoms with Gasteiger partial charge in [0.15, 0.2) is 0 Å². The van der Waals surface area contributed by atoms with E-state index in [1.807, 2.05) is 22.8 Å². The lowest BCUT2D eigenvalue weighted by atomic mass is 10.2. The summed E-state index contributed by atoms with van der Waals surface area (Å²) in [5, 5.41) is 4.28. The van der Waals surface area contributed by atoms with Gasteiger partial charge in [0.2, 0.25) is 5.91 Å². The van der Waals surface area contributed by atoms with Crippen LogP contribution >= 0.6 is 11.6 Å². The lowest BCUT2D eigenvalue weighted by Crippen LogP contribution is -2.30. The van der Waals surface area contributed by atoms with Crippen LogP contribution in [0.4, 0.5) is 10.5 Å². The molecule has 1 atom stereocenters. The first kappa shape index (κ1) is 20.7. The van der Waals surface area contributed by atoms with E-state index in [0.717, 1.165) is 18.0 Å². The normalized spacial score (nSPS) is 12.4. The summed E-state index contributed by atoms with van der Waals surface area (Å²) in [5.41, 5.74) is 1.28. The third kappa shape index (κ3) is 4.52. The van der Waals surface area contributed by atoms with Crippen LogP contribution in [-0.4, -0.2) is 32.1 Å². The minimum atomic E-state index is -4.05. The topological polar surface area (TPSA) is 106 Å². The molecular formula is C19H22ClN3O5S. The molecule has 1 heterocycles. The zero-order valence-corrected chi connectivity index (χ0v) is 17.1. The summed E-state index contributed by atoms with van der Waals surface area (Å²) < 4.78 is 31.9. The number of benzene rings is 2. The van der Waals surface area contributed by atoms with Gasteiger partial charge in [-0.3, -0.25) is 4.79 Å². The maximum atomic E-state index is 12.6. The van der Waals surface area contributed by atoms with Gasteiger partial charge in [0.1, 0.15) is 6.04 Å². The van der Waals surface area contributed by atoms with E-state index in [4.69, 9.17) is 11.6 Å². The Kier molecular flexibility index (Phi) is 5.81. The Hall–Kier alpha value is -3.04. The maximum absolute atomic E-state index is 12.6. The molecule has 0 aliphatic heterocycles. The van der Waals surface area contributed by atoms with Crippen LogP contribution in [0.2, 0.25) is 5.02 Å². The summed E-state index contributed by atoms with van der Waals surface area (Å²) in [4.78, 5) is 23.6. The lowest BCUT2D eigenvalue weighted by molar-refractivity contribution is -0.118. The van der Waals surface area contributed by atoms with Crippen LogP contribution in [0.3, 0.4) is 0 Å². The van der Waals surface area contributed by atoms with Gasteiger partial charge < -0.3 is 14.6 Å². The molecule has 1 unspecified atom stereocenters. The minimum absolute atomic E-state index is 0. The number of methoxy groups -OCH3 is 1. The van der Waals surface area contributed by atoms with Crippen molar-refractivity contribution in [3.63, 3.8) is 0 Å². The van der Waals surface area contributed by atoms with Gasteiger partial charge in [-0.25, -0.2) is 17.9 Å². The summed E-state index contributed by atoms with van der Waals surface area (Å²) in [6.07, 6.45) is 0.718. The number of fused-ring (bicyclic) bond motifs is 1. The molecule has 8 nitrogen and oxygen atoms in total. The predicted molar refractivity (Wildman–Crippen MR) is 114 cm³/mol. The van der Waals surface area contributed by atoms with E-state index in [1.165, 1.54) is 24.3 Å². The van der Waals surface area contributed by atoms with Gasteiger partial charge in [-0.1, -0.05) is 11.6 Å². The SMILES string of the molecule is COC(=O)NS(=O)(=O)c1ccc(NC(=O)C(C)n2ccc3cc(Cl)ccc32)cc1.[HH].[HH]. The number of nitrogens with one attached hydrogen (secondary N) is 2. The molecule has 0 aliphatic rings. The van der Waals surface area contributed by atoms with Gasteiger partial charge in [-0.05, 0) is 55.5 Å². The van der Waals surface area contributed by atoms with E-state index in [0.29, 0.717) is 10.7 Å². The number of hydrogen-bond acceptors (Lipinski definition) is 5. The second-order valence-corrected chi connectivity index (χ2v) is 8.33. The average Bonchev–Trinajstić information content (AvgIpc) is 3.10. The van der Waals surface area contributed by atoms with Crippen molar-refractivity contribution in [2.75, 3.05) is 12.4 Å². The molecule has 0 saturated heterocycles. The molecule has 10 heteroatoms. The zero-order valence-electron chi connectivity index (χ0n) is 15.5. The second-order valence-electron chi connectivity index (χ2n) is 6.21. The van der Waals surface area contributed by atoms with Crippen molar-refractivity contribution < 1.29 is 25.6 Å². The standard InChI is InChI=1S/C19H18ClN3O5S.2H2/c1-12(23-10-9-13-11-14(20)3-8-17(13)23)18(24)21-15-4-6-16(7-5-15)29(26,27)22-19(25)28-2;;/h3-12H,1-2H3,(H,21,24)(H,22,25);2*1H. The number of halogens is 1. The van der Waals surface area contributed by atoms with Crippen LogP contribution in [0, 0.1) is 0 Å². The minimum Gasteiger partial charge on any atom is -0.452 e. The monoisotopic (exact) mass is 439 g/mol. The maximum Gasteiger partial charge on any atom is 0.420 e. The molecular weight excluding hydrogens is 418 g/mol. The third-order valence-electron chi connectivity index (χ3n) is 4.31. The molecule has 29 heavy (non-hydrogen) atoms. The lowest BCUT2D eigenvalue weighted by Gasteiger charge is -2.16. The van der Waals surface area contributed by atoms with Crippen molar-refractivity contribution in [3.05, 3.63) is 59.8 Å². The molecule has 2 aromatic carbocycles. The molecule has 0 bridgehead atoms. The summed E-state index contributed by atoms with van der Waals surface area (Å²) in [7, 11) is -2.99. The van der Waals surface area contributed by atoms with E-state index in [1.54, 1.807) is 23.9 Å². The van der Waals surface area contributed by atoms with Crippen LogP contribution in [0.5, 0.6) is 0 Å². The number of anilines is 1. The van der Waals surface area contributed by atoms with Crippen LogP contribution < -0.4 is 10.0 Å². The molecule has 0 radical (unpaired) electrons. The molecule has 2 amide bonds. The fourth-order valence-electron chi connectivity index (χ4n) is 2.77. The second kappa shape index (κ2) is 8.14. The number of sulfonamides is 1. The molecule has 3 rings (SSSR count). The number of carbonyl (C=O) groups excluding carboxylic acids is 2. The molecule has 1 aromatic heterocycles. The number of rotatable bonds is 5. The molecule has 0 spiro atoms. The first-order valence-corrected chi connectivity index (χ1v) is 10.3. The van der Waals surface area contributed by atoms with Crippen molar-refractivity contribution >= 4 is 50.2 Å². The van der Waals surface area contributed by atoms with Gasteiger partial charge >= 0.3 is 6.09 Å². The fourth-order valence-corrected chi connectivity index (χ4v) is 3.87. The number of nitrogens with zero attached hydrogens (tertiary/aromatic N) is 1. The fraction of sp³-hybridized carbons (Fsp3) is 0.158. The van der Waals surface area contributed by atoms with E-state index in [2.05, 4.69) is 10.1 Å². The number of amides is 2. The molecule has 0 aliphatic carbocycles. The summed E-state index contributed by atoms with van der Waals surface area (Å²) in [6.45, 7) is 1.75. The van der Waals surface area contributed by atoms with Crippen molar-refractivity contribution in [1.82, 2.24) is 9.29 Å². The number of ether oxygens (including phenoxy) is 1. The molecule has 3 aromatic rings. The van der Waals surface area contributed by atoms with Gasteiger partial charge in [0.05, 0.1) is 12.0 Å². The van der Waals surface area contributed by atoms with E-state index < -0.39 is 22.2 Å². The third-order valence-corrected chi connectivity index (χ3v) is 5.88. The Morgan fingerprint density at radius 2 is 1.83 bits per heavy atom. The van der Waals surface area contributed by atoms with Crippen LogP contribution in [0.15, 0.2) is 59.6 Å². The van der Waals surface area contributed by atoms with Gasteiger partial charge in [0.25, 0.3) is 10.0 Å². The zero-order chi connectivity index (χ0) is 21.2. The summed E-state index contributed by atoms with van der Waals surface area (Å²) in [5.74, 6) is -0.277. The van der Waals surface area contributed by atoms with Crippen molar-refractivity contribution in [2.24, 2.45) is 0 Å². The van der Waals surface area contributed by atoms with Crippen LogP contribution in [0.1, 0.15) is 15.8 Å². The van der Waals surface area contributed by atoms with Crippen LogP contribution in [-0.2, 0) is 19.6 Å². The highest BCUT2D eigenvalue weighted by Gasteiger charge is 2.19. The highest BCUT2D eigenvalue weighted by atomic mass is 35.5. The van der Waals surface area contributed by atoms with Crippen molar-refractivity contribution in [3.8, 4) is 0 Å². The molecule has 0 saturated carbocycles. The van der Waals surface area contributed by atoms with E-state index in [-0.39, 0.29) is 13.7 Å². The summed E-state index contributed by atoms with van der Waals surface area (Å²) >= 11 is 6.00. The highest BCUT2D eigenvalue weighted by Crippen LogP contribution is 2.24. The smallest absolute Gasteiger partial charge is 0.420 e. The Labute approximate surface area is 175 Å². The largest absolute Gasteiger partial charge is 0.452 e. The van der Waals surface area contributed by atoms with Gasteiger partial charge in [-0.15, -0.1) is 0 Å². The van der Waals surface area contributed by atoms with E-state index in [9.17, 15) is 18.0 Å². The quantitative estimate of drug-likeness (QED) is 0.624. The molecule has 156 valence electrons. The number of carbonyl (C=O) groups is 2. The number of aromatic nitrogens is 1. The first-order valence-electron chi connectivity index (χ1n) is 8.49. The Balaban J connectivity index is 0.00000240. The van der Waals surface area contributed by atoms with Gasteiger partial charge in [0, 0.05) is 30.7 Å². The molecule has 2 N–H and O–H groups in total. The highest BCUT2D eigenvalue weighted by molar-refractivity contribution is 7.90. The predicted octanol–water partition coefficient (Wildman–Crippen LogP) is 4.03. The number of hydrogen-bond donors (Lipinski definition) is 2. The molecule has 0 fully saturated rings. The van der Waals surface area contributed by atoms with Gasteiger partial charge in [-0.2, -0.15) is 0 Å². The Bertz CT molecular complexity index is 1180. The Morgan fingerprint density at radius 3 is 2.48 bits per heavy atom. The van der Waals surface area contributed by atoms with E-state index >= 15 is 0 Å². The summed E-state index contributed by atoms with van der Waals surface area (Å²) in [6, 6.07) is 12.2. The van der Waals surface area contributed by atoms with Crippen molar-refractivity contribution in [1.29, 1.82) is 0 Å².